The number of benzene rings is 3. The first-order valence-electron chi connectivity index (χ1n) is 18.2. The van der Waals surface area contributed by atoms with Crippen molar-refractivity contribution in [1.82, 2.24) is 15.4 Å². The Balaban J connectivity index is 1.67. The van der Waals surface area contributed by atoms with Gasteiger partial charge in [0.25, 0.3) is 5.91 Å². The number of sulfonamides is 1. The minimum atomic E-state index is -4.05. The van der Waals surface area contributed by atoms with E-state index in [2.05, 4.69) is 34.1 Å². The second-order valence-corrected chi connectivity index (χ2v) is 17.3. The quantitative estimate of drug-likeness (QED) is 0.105. The summed E-state index contributed by atoms with van der Waals surface area (Å²) in [6.45, 7) is 9.75. The average Bonchev–Trinajstić information content (AvgIpc) is 3.21. The van der Waals surface area contributed by atoms with Crippen LogP contribution in [-0.4, -0.2) is 62.3 Å². The Morgan fingerprint density at radius 2 is 1.57 bits per heavy atom. The molecule has 0 aromatic heterocycles. The molecule has 288 valence electrons. The monoisotopic (exact) mass is 766 g/mol. The van der Waals surface area contributed by atoms with E-state index in [0.717, 1.165) is 31.4 Å². The summed E-state index contributed by atoms with van der Waals surface area (Å²) >= 11 is 1.36. The van der Waals surface area contributed by atoms with Crippen LogP contribution in [0.25, 0.3) is 0 Å². The molecule has 11 nitrogen and oxygen atoms in total. The number of aliphatic carboxylic acids is 1. The van der Waals surface area contributed by atoms with Gasteiger partial charge in [-0.25, -0.2) is 17.9 Å². The summed E-state index contributed by atoms with van der Waals surface area (Å²) in [5, 5.41) is 15.1. The Labute approximate surface area is 318 Å². The number of amides is 2. The SMILES string of the molecule is CCCCC1(CCCC)CN(c2ccccc2)c2cc(SC)c(OCC(=O)N[C@@H](C(=O)N[C@H](CC(C)(C)C)C(=O)O)c3ccccc3)cc2S(=O)(=O)N1. The fourth-order valence-electron chi connectivity index (χ4n) is 6.60. The van der Waals surface area contributed by atoms with Crippen LogP contribution in [0.2, 0.25) is 0 Å². The van der Waals surface area contributed by atoms with Crippen molar-refractivity contribution in [2.45, 2.75) is 107 Å². The fourth-order valence-corrected chi connectivity index (χ4v) is 8.81. The summed E-state index contributed by atoms with van der Waals surface area (Å²) in [5.74, 6) is -2.30. The number of hydrogen-bond donors (Lipinski definition) is 4. The van der Waals surface area contributed by atoms with E-state index in [9.17, 15) is 27.9 Å². The number of para-hydroxylation sites is 1. The van der Waals surface area contributed by atoms with Gasteiger partial charge in [-0.15, -0.1) is 11.8 Å². The second kappa shape index (κ2) is 18.3. The molecule has 2 amide bonds. The summed E-state index contributed by atoms with van der Waals surface area (Å²) < 4.78 is 37.8. The van der Waals surface area contributed by atoms with Crippen molar-refractivity contribution in [2.75, 3.05) is 24.3 Å². The lowest BCUT2D eigenvalue weighted by Gasteiger charge is -2.37. The molecule has 1 heterocycles. The summed E-state index contributed by atoms with van der Waals surface area (Å²) in [6, 6.07) is 19.2. The van der Waals surface area contributed by atoms with Gasteiger partial charge in [-0.1, -0.05) is 109 Å². The lowest BCUT2D eigenvalue weighted by molar-refractivity contribution is -0.143. The number of unbranched alkanes of at least 4 members (excludes halogenated alkanes) is 2. The number of anilines is 2. The summed E-state index contributed by atoms with van der Waals surface area (Å²) in [6.07, 6.45) is 6.96. The van der Waals surface area contributed by atoms with Crippen molar-refractivity contribution in [3.8, 4) is 5.75 Å². The van der Waals surface area contributed by atoms with Gasteiger partial charge in [-0.3, -0.25) is 9.59 Å². The first-order valence-corrected chi connectivity index (χ1v) is 20.9. The molecule has 4 rings (SSSR count). The Kier molecular flexibility index (Phi) is 14.4. The van der Waals surface area contributed by atoms with Crippen LogP contribution in [0.5, 0.6) is 5.75 Å². The first kappa shape index (κ1) is 41.7. The Bertz CT molecular complexity index is 1810. The standard InChI is InChI=1S/C40H54N4O7S2/c1-7-9-21-40(22-10-8-2)27-44(29-19-15-12-16-20-29)31-23-33(52-6)32(24-34(31)53(49,50)43-40)51-26-35(45)42-36(28-17-13-11-14-18-28)37(46)41-30(38(47)48)25-39(3,4)5/h11-20,23-24,30,36,43H,7-10,21-22,25-27H2,1-6H3,(H,41,46)(H,42,45)(H,47,48)/t30-,36-/m1/s1. The number of fused-ring (bicyclic) bond motifs is 1. The Morgan fingerprint density at radius 1 is 0.962 bits per heavy atom. The zero-order valence-corrected chi connectivity index (χ0v) is 33.2. The fraction of sp³-hybridized carbons (Fsp3) is 0.475. The molecule has 2 atom stereocenters. The third-order valence-electron chi connectivity index (χ3n) is 9.21. The van der Waals surface area contributed by atoms with Gasteiger partial charge in [0.05, 0.1) is 16.1 Å². The number of carbonyl (C=O) groups excluding carboxylic acids is 2. The van der Waals surface area contributed by atoms with Crippen LogP contribution in [0, 0.1) is 5.41 Å². The predicted octanol–water partition coefficient (Wildman–Crippen LogP) is 7.20. The van der Waals surface area contributed by atoms with E-state index < -0.39 is 52.0 Å². The van der Waals surface area contributed by atoms with E-state index in [1.165, 1.54) is 17.8 Å². The molecule has 0 unspecified atom stereocenters. The third-order valence-corrected chi connectivity index (χ3v) is 11.6. The number of carbonyl (C=O) groups is 3. The van der Waals surface area contributed by atoms with Crippen molar-refractivity contribution in [1.29, 1.82) is 0 Å². The Morgan fingerprint density at radius 3 is 2.11 bits per heavy atom. The zero-order valence-electron chi connectivity index (χ0n) is 31.6. The maximum Gasteiger partial charge on any atom is 0.326 e. The lowest BCUT2D eigenvalue weighted by atomic mass is 9.87. The van der Waals surface area contributed by atoms with Crippen LogP contribution in [-0.2, 0) is 24.4 Å². The maximum atomic E-state index is 14.3. The van der Waals surface area contributed by atoms with Gasteiger partial charge >= 0.3 is 5.97 Å². The van der Waals surface area contributed by atoms with Gasteiger partial charge in [-0.05, 0) is 54.7 Å². The van der Waals surface area contributed by atoms with Crippen LogP contribution in [0.1, 0.15) is 91.2 Å². The van der Waals surface area contributed by atoms with Crippen LogP contribution in [0.3, 0.4) is 0 Å². The van der Waals surface area contributed by atoms with Crippen LogP contribution >= 0.6 is 11.8 Å². The van der Waals surface area contributed by atoms with E-state index in [-0.39, 0.29) is 22.5 Å². The minimum absolute atomic E-state index is 0.0459. The van der Waals surface area contributed by atoms with Crippen LogP contribution in [0.4, 0.5) is 11.4 Å². The van der Waals surface area contributed by atoms with Gasteiger partial charge in [0.15, 0.2) is 6.61 Å². The normalized spacial score (nSPS) is 16.1. The van der Waals surface area contributed by atoms with Crippen molar-refractivity contribution in [2.24, 2.45) is 5.41 Å². The summed E-state index contributed by atoms with van der Waals surface area (Å²) in [5.41, 5.74) is 0.749. The van der Waals surface area contributed by atoms with E-state index in [4.69, 9.17) is 4.74 Å². The topological polar surface area (TPSA) is 154 Å². The molecular formula is C40H54N4O7S2. The zero-order chi connectivity index (χ0) is 38.8. The molecule has 4 N–H and O–H groups in total. The number of thioether (sulfide) groups is 1. The van der Waals surface area contributed by atoms with Gasteiger partial charge < -0.3 is 25.4 Å². The molecule has 0 bridgehead atoms. The number of nitrogens with zero attached hydrogens (tertiary/aromatic N) is 1. The number of ether oxygens (including phenoxy) is 1. The van der Waals surface area contributed by atoms with Gasteiger partial charge in [-0.2, -0.15) is 0 Å². The largest absolute Gasteiger partial charge is 0.483 e. The van der Waals surface area contributed by atoms with Gasteiger partial charge in [0, 0.05) is 18.3 Å². The molecule has 0 radical (unpaired) electrons. The molecule has 53 heavy (non-hydrogen) atoms. The third kappa shape index (κ3) is 11.2. The molecule has 0 saturated carbocycles. The summed E-state index contributed by atoms with van der Waals surface area (Å²) in [7, 11) is -4.05. The maximum absolute atomic E-state index is 14.3. The molecule has 13 heteroatoms. The highest BCUT2D eigenvalue weighted by Crippen LogP contribution is 2.44. The molecule has 0 aliphatic carbocycles. The smallest absolute Gasteiger partial charge is 0.326 e. The number of hydrogen-bond acceptors (Lipinski definition) is 8. The van der Waals surface area contributed by atoms with Crippen molar-refractivity contribution < 1.29 is 32.6 Å². The molecule has 0 spiro atoms. The molecule has 0 saturated heterocycles. The van der Waals surface area contributed by atoms with Crippen LogP contribution < -0.4 is 25.0 Å². The molecule has 1 aliphatic heterocycles. The highest BCUT2D eigenvalue weighted by Gasteiger charge is 2.42. The number of nitrogens with one attached hydrogen (secondary N) is 3. The van der Waals surface area contributed by atoms with Crippen molar-refractivity contribution >= 4 is 50.9 Å². The Hall–Kier alpha value is -4.07. The summed E-state index contributed by atoms with van der Waals surface area (Å²) in [4.78, 5) is 41.8. The lowest BCUT2D eigenvalue weighted by Crippen LogP contribution is -2.53. The van der Waals surface area contributed by atoms with Crippen LogP contribution in [0.15, 0.2) is 82.6 Å². The number of carboxylic acid groups (broad SMARTS) is 1. The second-order valence-electron chi connectivity index (χ2n) is 14.8. The highest BCUT2D eigenvalue weighted by atomic mass is 32.2. The van der Waals surface area contributed by atoms with Crippen molar-refractivity contribution in [3.63, 3.8) is 0 Å². The molecule has 3 aromatic rings. The van der Waals surface area contributed by atoms with E-state index >= 15 is 0 Å². The van der Waals surface area contributed by atoms with Gasteiger partial charge in [0.2, 0.25) is 15.9 Å². The first-order chi connectivity index (χ1) is 25.1. The molecular weight excluding hydrogens is 713 g/mol. The average molecular weight is 767 g/mol. The van der Waals surface area contributed by atoms with Gasteiger partial charge in [0.1, 0.15) is 22.7 Å². The highest BCUT2D eigenvalue weighted by molar-refractivity contribution is 7.98. The van der Waals surface area contributed by atoms with E-state index in [0.29, 0.717) is 35.5 Å². The number of carboxylic acids is 1. The predicted molar refractivity (Wildman–Crippen MR) is 210 cm³/mol. The van der Waals surface area contributed by atoms with Crippen molar-refractivity contribution in [3.05, 3.63) is 78.4 Å². The van der Waals surface area contributed by atoms with E-state index in [1.54, 1.807) is 36.4 Å². The number of rotatable bonds is 17. The molecule has 0 fully saturated rings. The van der Waals surface area contributed by atoms with E-state index in [1.807, 2.05) is 57.4 Å². The molecule has 3 aromatic carbocycles. The minimum Gasteiger partial charge on any atom is -0.483 e. The molecule has 1 aliphatic rings.